The number of aryl methyl sites for hydroxylation is 3. The molecule has 1 atom stereocenters. The van der Waals surface area contributed by atoms with Gasteiger partial charge in [-0.25, -0.2) is 4.98 Å². The molecule has 1 N–H and O–H groups in total. The largest absolute Gasteiger partial charge is 0.352 e. The van der Waals surface area contributed by atoms with E-state index in [2.05, 4.69) is 42.3 Å². The minimum absolute atomic E-state index is 0.0282. The molecule has 0 bridgehead atoms. The van der Waals surface area contributed by atoms with Crippen molar-refractivity contribution in [1.29, 1.82) is 0 Å². The number of hydrogen-bond acceptors (Lipinski definition) is 4. The van der Waals surface area contributed by atoms with Crippen molar-refractivity contribution >= 4 is 23.2 Å². The van der Waals surface area contributed by atoms with Crippen LogP contribution in [0.4, 0.5) is 0 Å². The summed E-state index contributed by atoms with van der Waals surface area (Å²) >= 11 is 1.47. The number of benzene rings is 1. The molecule has 2 heterocycles. The van der Waals surface area contributed by atoms with Gasteiger partial charge in [-0.3, -0.25) is 9.59 Å². The quantitative estimate of drug-likeness (QED) is 0.817. The van der Waals surface area contributed by atoms with E-state index in [-0.39, 0.29) is 17.9 Å². The van der Waals surface area contributed by atoms with Crippen LogP contribution >= 0.6 is 11.3 Å². The highest BCUT2D eigenvalue weighted by molar-refractivity contribution is 7.17. The number of amides is 2. The molecule has 0 aliphatic carbocycles. The van der Waals surface area contributed by atoms with Crippen LogP contribution in [0.2, 0.25) is 0 Å². The summed E-state index contributed by atoms with van der Waals surface area (Å²) in [5.74, 6) is 0.105. The first-order chi connectivity index (χ1) is 13.4. The summed E-state index contributed by atoms with van der Waals surface area (Å²) in [5, 5.41) is 3.96. The molecule has 1 aromatic carbocycles. The lowest BCUT2D eigenvalue weighted by molar-refractivity contribution is -0.122. The zero-order valence-electron chi connectivity index (χ0n) is 17.2. The second-order valence-corrected chi connectivity index (χ2v) is 8.66. The van der Waals surface area contributed by atoms with E-state index < -0.39 is 0 Å². The molecule has 1 fully saturated rings. The van der Waals surface area contributed by atoms with Crippen molar-refractivity contribution in [2.45, 2.75) is 59.4 Å². The summed E-state index contributed by atoms with van der Waals surface area (Å²) < 4.78 is 0. The molecule has 28 heavy (non-hydrogen) atoms. The van der Waals surface area contributed by atoms with E-state index >= 15 is 0 Å². The maximum Gasteiger partial charge on any atom is 0.265 e. The van der Waals surface area contributed by atoms with Gasteiger partial charge in [0.2, 0.25) is 5.91 Å². The van der Waals surface area contributed by atoms with Crippen molar-refractivity contribution in [2.75, 3.05) is 13.1 Å². The van der Waals surface area contributed by atoms with Crippen molar-refractivity contribution in [2.24, 2.45) is 0 Å². The number of likely N-dealkylation sites (tertiary alicyclic amines) is 1. The zero-order valence-corrected chi connectivity index (χ0v) is 18.0. The molecule has 2 aromatic rings. The Kier molecular flexibility index (Phi) is 6.50. The molecule has 150 valence electrons. The first-order valence-corrected chi connectivity index (χ1v) is 10.8. The van der Waals surface area contributed by atoms with Crippen LogP contribution in [0.1, 0.15) is 59.1 Å². The van der Waals surface area contributed by atoms with Crippen LogP contribution < -0.4 is 5.32 Å². The van der Waals surface area contributed by atoms with Crippen LogP contribution in [0, 0.1) is 20.8 Å². The predicted molar refractivity (Wildman–Crippen MR) is 114 cm³/mol. The van der Waals surface area contributed by atoms with E-state index in [0.29, 0.717) is 17.8 Å². The van der Waals surface area contributed by atoms with Gasteiger partial charge in [0.1, 0.15) is 9.88 Å². The Morgan fingerprint density at radius 1 is 1.29 bits per heavy atom. The average molecular weight is 400 g/mol. The maximum absolute atomic E-state index is 13.1. The van der Waals surface area contributed by atoms with E-state index in [1.165, 1.54) is 22.5 Å². The van der Waals surface area contributed by atoms with Gasteiger partial charge >= 0.3 is 0 Å². The highest BCUT2D eigenvalue weighted by Gasteiger charge is 2.28. The number of thiazole rings is 1. The highest BCUT2D eigenvalue weighted by atomic mass is 32.1. The molecule has 2 amide bonds. The van der Waals surface area contributed by atoms with Crippen LogP contribution in [0.3, 0.4) is 0 Å². The van der Waals surface area contributed by atoms with Gasteiger partial charge in [-0.15, -0.1) is 11.3 Å². The smallest absolute Gasteiger partial charge is 0.265 e. The van der Waals surface area contributed by atoms with Gasteiger partial charge in [-0.1, -0.05) is 30.7 Å². The fraction of sp³-hybridized carbons (Fsp3) is 0.500. The molecule has 1 saturated heterocycles. The number of carbonyl (C=O) groups is 2. The molecular formula is C22H29N3O2S. The minimum atomic E-state index is 0.0282. The number of nitrogens with zero attached hydrogens (tertiary/aromatic N) is 2. The van der Waals surface area contributed by atoms with Gasteiger partial charge in [0, 0.05) is 31.1 Å². The third kappa shape index (κ3) is 4.61. The van der Waals surface area contributed by atoms with Gasteiger partial charge in [0.05, 0.1) is 5.69 Å². The zero-order chi connectivity index (χ0) is 20.3. The lowest BCUT2D eigenvalue weighted by Crippen LogP contribution is -2.49. The van der Waals surface area contributed by atoms with Crippen molar-refractivity contribution in [3.63, 3.8) is 0 Å². The van der Waals surface area contributed by atoms with Crippen LogP contribution in [-0.4, -0.2) is 40.8 Å². The normalized spacial score (nSPS) is 16.9. The summed E-state index contributed by atoms with van der Waals surface area (Å²) in [7, 11) is 0. The predicted octanol–water partition coefficient (Wildman–Crippen LogP) is 4.26. The number of carbonyl (C=O) groups excluding carboxylic acids is 2. The molecule has 1 unspecified atom stereocenters. The van der Waals surface area contributed by atoms with Gasteiger partial charge in [-0.05, 0) is 45.6 Å². The Labute approximate surface area is 171 Å². The van der Waals surface area contributed by atoms with E-state index in [1.54, 1.807) is 0 Å². The Morgan fingerprint density at radius 2 is 2.07 bits per heavy atom. The highest BCUT2D eigenvalue weighted by Crippen LogP contribution is 2.31. The third-order valence-electron chi connectivity index (χ3n) is 5.15. The van der Waals surface area contributed by atoms with E-state index in [4.69, 9.17) is 0 Å². The monoisotopic (exact) mass is 399 g/mol. The molecule has 1 aliphatic rings. The summed E-state index contributed by atoms with van der Waals surface area (Å²) in [6.07, 6.45) is 3.21. The fourth-order valence-corrected chi connectivity index (χ4v) is 4.84. The Balaban J connectivity index is 1.75. The molecule has 1 aromatic heterocycles. The van der Waals surface area contributed by atoms with Crippen molar-refractivity contribution in [3.05, 3.63) is 39.9 Å². The first-order valence-electron chi connectivity index (χ1n) is 10.0. The number of piperidine rings is 1. The molecule has 5 nitrogen and oxygen atoms in total. The molecular weight excluding hydrogens is 370 g/mol. The van der Waals surface area contributed by atoms with Crippen LogP contribution in [0.5, 0.6) is 0 Å². The van der Waals surface area contributed by atoms with Gasteiger partial charge in [0.25, 0.3) is 5.91 Å². The molecule has 6 heteroatoms. The number of nitrogens with one attached hydrogen (secondary N) is 1. The Bertz CT molecular complexity index is 875. The first kappa shape index (κ1) is 20.5. The SMILES string of the molecule is CCCC(=O)NC1CCCN(C(=O)c2sc(-c3ccc(C)cc3C)nc2C)C1. The molecule has 3 rings (SSSR count). The summed E-state index contributed by atoms with van der Waals surface area (Å²) in [5.41, 5.74) is 4.25. The van der Waals surface area contributed by atoms with Crippen LogP contribution in [0.15, 0.2) is 18.2 Å². The van der Waals surface area contributed by atoms with Crippen molar-refractivity contribution in [3.8, 4) is 10.6 Å². The molecule has 0 saturated carbocycles. The summed E-state index contributed by atoms with van der Waals surface area (Å²) in [4.78, 5) is 32.3. The van der Waals surface area contributed by atoms with Crippen LogP contribution in [-0.2, 0) is 4.79 Å². The molecule has 0 radical (unpaired) electrons. The number of rotatable bonds is 5. The molecule has 0 spiro atoms. The van der Waals surface area contributed by atoms with E-state index in [1.807, 2.05) is 18.7 Å². The minimum Gasteiger partial charge on any atom is -0.352 e. The average Bonchev–Trinajstić information content (AvgIpc) is 3.02. The summed E-state index contributed by atoms with van der Waals surface area (Å²) in [6, 6.07) is 6.34. The van der Waals surface area contributed by atoms with Crippen molar-refractivity contribution < 1.29 is 9.59 Å². The lowest BCUT2D eigenvalue weighted by atomic mass is 10.0. The Hall–Kier alpha value is -2.21. The fourth-order valence-electron chi connectivity index (χ4n) is 3.71. The summed E-state index contributed by atoms with van der Waals surface area (Å²) in [6.45, 7) is 9.36. The second-order valence-electron chi connectivity index (χ2n) is 7.66. The second kappa shape index (κ2) is 8.86. The van der Waals surface area contributed by atoms with E-state index in [0.717, 1.165) is 42.1 Å². The van der Waals surface area contributed by atoms with Gasteiger partial charge in [-0.2, -0.15) is 0 Å². The van der Waals surface area contributed by atoms with Crippen molar-refractivity contribution in [1.82, 2.24) is 15.2 Å². The van der Waals surface area contributed by atoms with Gasteiger partial charge < -0.3 is 10.2 Å². The third-order valence-corrected chi connectivity index (χ3v) is 6.33. The number of aromatic nitrogens is 1. The van der Waals surface area contributed by atoms with Gasteiger partial charge in [0.15, 0.2) is 0 Å². The van der Waals surface area contributed by atoms with E-state index in [9.17, 15) is 9.59 Å². The maximum atomic E-state index is 13.1. The molecule has 1 aliphatic heterocycles. The topological polar surface area (TPSA) is 62.3 Å². The van der Waals surface area contributed by atoms with Crippen LogP contribution in [0.25, 0.3) is 10.6 Å². The Morgan fingerprint density at radius 3 is 2.79 bits per heavy atom. The lowest BCUT2D eigenvalue weighted by Gasteiger charge is -2.33. The number of hydrogen-bond donors (Lipinski definition) is 1. The standard InChI is InChI=1S/C22H29N3O2S/c1-5-7-19(26)24-17-8-6-11-25(13-17)22(27)20-16(4)23-21(28-20)18-10-9-14(2)12-15(18)3/h9-10,12,17H,5-8,11,13H2,1-4H3,(H,24,26).